The highest BCUT2D eigenvalue weighted by molar-refractivity contribution is 7.89. The summed E-state index contributed by atoms with van der Waals surface area (Å²) in [6.07, 6.45) is 4.34. The fourth-order valence-electron chi connectivity index (χ4n) is 3.97. The Kier molecular flexibility index (Phi) is 6.38. The van der Waals surface area contributed by atoms with Gasteiger partial charge in [-0.15, -0.1) is 0 Å². The average molecular weight is 457 g/mol. The first-order chi connectivity index (χ1) is 15.4. The van der Waals surface area contributed by atoms with Crippen molar-refractivity contribution >= 4 is 15.9 Å². The van der Waals surface area contributed by atoms with E-state index < -0.39 is 21.9 Å². The minimum atomic E-state index is -3.71. The Morgan fingerprint density at radius 2 is 1.75 bits per heavy atom. The summed E-state index contributed by atoms with van der Waals surface area (Å²) in [7, 11) is -1.84. The molecule has 32 heavy (non-hydrogen) atoms. The van der Waals surface area contributed by atoms with Gasteiger partial charge in [-0.1, -0.05) is 30.3 Å². The molecule has 1 aliphatic heterocycles. The molecule has 1 unspecified atom stereocenters. The molecule has 1 aromatic heterocycles. The molecule has 0 bridgehead atoms. The molecule has 2 heterocycles. The van der Waals surface area contributed by atoms with Crippen LogP contribution in [-0.2, 0) is 21.9 Å². The third kappa shape index (κ3) is 4.58. The molecule has 1 aliphatic rings. The highest BCUT2D eigenvalue weighted by Gasteiger charge is 2.33. The van der Waals surface area contributed by atoms with Crippen molar-refractivity contribution in [2.24, 2.45) is 13.0 Å². The molecular formula is C23H25FN4O3S. The number of hydrogen-bond acceptors (Lipinski definition) is 4. The van der Waals surface area contributed by atoms with Gasteiger partial charge in [0.15, 0.2) is 0 Å². The molecule has 1 atom stereocenters. The lowest BCUT2D eigenvalue weighted by Crippen LogP contribution is -2.44. The number of nitrogens with one attached hydrogen (secondary N) is 1. The lowest BCUT2D eigenvalue weighted by Gasteiger charge is -2.31. The topological polar surface area (TPSA) is 84.3 Å². The monoisotopic (exact) mass is 456 g/mol. The minimum Gasteiger partial charge on any atom is -0.342 e. The van der Waals surface area contributed by atoms with E-state index in [4.69, 9.17) is 0 Å². The molecule has 0 saturated carbocycles. The third-order valence-corrected chi connectivity index (χ3v) is 7.73. The van der Waals surface area contributed by atoms with Gasteiger partial charge in [0, 0.05) is 38.4 Å². The fraction of sp³-hybridized carbons (Fsp3) is 0.304. The lowest BCUT2D eigenvalue weighted by molar-refractivity contribution is -0.126. The summed E-state index contributed by atoms with van der Waals surface area (Å²) < 4.78 is 42.0. The SMILES string of the molecule is Cn1ccnc1C(NC(=O)C1CCN(S(=O)(=O)c2ccc(F)cc2)CC1)c1ccccc1. The Labute approximate surface area is 186 Å². The fourth-order valence-corrected chi connectivity index (χ4v) is 5.44. The molecule has 1 fully saturated rings. The molecule has 9 heteroatoms. The van der Waals surface area contributed by atoms with E-state index in [1.165, 1.54) is 16.4 Å². The number of benzene rings is 2. The summed E-state index contributed by atoms with van der Waals surface area (Å²) in [6, 6.07) is 14.0. The predicted molar refractivity (Wildman–Crippen MR) is 118 cm³/mol. The molecule has 0 spiro atoms. The summed E-state index contributed by atoms with van der Waals surface area (Å²) in [5.41, 5.74) is 0.923. The van der Waals surface area contributed by atoms with E-state index in [1.807, 2.05) is 48.1 Å². The van der Waals surface area contributed by atoms with Crippen molar-refractivity contribution in [1.82, 2.24) is 19.2 Å². The van der Waals surface area contributed by atoms with Gasteiger partial charge in [0.1, 0.15) is 17.7 Å². The molecule has 2 aromatic carbocycles. The first-order valence-corrected chi connectivity index (χ1v) is 11.9. The summed E-state index contributed by atoms with van der Waals surface area (Å²) in [5.74, 6) is -0.192. The zero-order chi connectivity index (χ0) is 22.7. The van der Waals surface area contributed by atoms with Gasteiger partial charge < -0.3 is 9.88 Å². The second-order valence-electron chi connectivity index (χ2n) is 7.88. The van der Waals surface area contributed by atoms with Crippen molar-refractivity contribution in [1.29, 1.82) is 0 Å². The molecule has 1 saturated heterocycles. The zero-order valence-corrected chi connectivity index (χ0v) is 18.5. The number of aryl methyl sites for hydroxylation is 1. The van der Waals surface area contributed by atoms with E-state index in [0.717, 1.165) is 23.5 Å². The minimum absolute atomic E-state index is 0.0562. The van der Waals surface area contributed by atoms with Gasteiger partial charge in [-0.2, -0.15) is 4.31 Å². The molecule has 1 N–H and O–H groups in total. The number of aromatic nitrogens is 2. The van der Waals surface area contributed by atoms with E-state index in [2.05, 4.69) is 10.3 Å². The average Bonchev–Trinajstić information content (AvgIpc) is 3.23. The van der Waals surface area contributed by atoms with Gasteiger partial charge in [0.2, 0.25) is 15.9 Å². The number of sulfonamides is 1. The Morgan fingerprint density at radius 1 is 1.09 bits per heavy atom. The molecule has 4 rings (SSSR count). The van der Waals surface area contributed by atoms with Crippen LogP contribution in [0.2, 0.25) is 0 Å². The highest BCUT2D eigenvalue weighted by Crippen LogP contribution is 2.26. The standard InChI is InChI=1S/C23H25FN4O3S/c1-27-16-13-25-22(27)21(17-5-3-2-4-6-17)26-23(29)18-11-14-28(15-12-18)32(30,31)20-9-7-19(24)8-10-20/h2-10,13,16,18,21H,11-12,14-15H2,1H3,(H,26,29). The molecular weight excluding hydrogens is 431 g/mol. The lowest BCUT2D eigenvalue weighted by atomic mass is 9.96. The van der Waals surface area contributed by atoms with E-state index in [-0.39, 0.29) is 29.8 Å². The molecule has 0 aliphatic carbocycles. The van der Waals surface area contributed by atoms with Gasteiger partial charge in [0.05, 0.1) is 4.90 Å². The van der Waals surface area contributed by atoms with E-state index in [0.29, 0.717) is 12.8 Å². The maximum atomic E-state index is 13.2. The van der Waals surface area contributed by atoms with Crippen LogP contribution >= 0.6 is 0 Å². The van der Waals surface area contributed by atoms with Gasteiger partial charge in [-0.3, -0.25) is 4.79 Å². The number of carbonyl (C=O) groups is 1. The number of piperidine rings is 1. The van der Waals surface area contributed by atoms with Crippen molar-refractivity contribution in [3.05, 3.63) is 84.2 Å². The van der Waals surface area contributed by atoms with Crippen molar-refractivity contribution < 1.29 is 17.6 Å². The molecule has 168 valence electrons. The summed E-state index contributed by atoms with van der Waals surface area (Å²) >= 11 is 0. The number of hydrogen-bond donors (Lipinski definition) is 1. The van der Waals surface area contributed by atoms with Crippen LogP contribution in [0.4, 0.5) is 4.39 Å². The highest BCUT2D eigenvalue weighted by atomic mass is 32.2. The largest absolute Gasteiger partial charge is 0.342 e. The normalized spacial score (nSPS) is 16.6. The number of halogens is 1. The van der Waals surface area contributed by atoms with E-state index >= 15 is 0 Å². The maximum Gasteiger partial charge on any atom is 0.243 e. The van der Waals surface area contributed by atoms with Crippen LogP contribution < -0.4 is 5.32 Å². The third-order valence-electron chi connectivity index (χ3n) is 5.81. The van der Waals surface area contributed by atoms with Crippen LogP contribution in [0.3, 0.4) is 0 Å². The van der Waals surface area contributed by atoms with Gasteiger partial charge in [-0.25, -0.2) is 17.8 Å². The smallest absolute Gasteiger partial charge is 0.243 e. The van der Waals surface area contributed by atoms with Crippen LogP contribution in [0.5, 0.6) is 0 Å². The van der Waals surface area contributed by atoms with E-state index in [9.17, 15) is 17.6 Å². The van der Waals surface area contributed by atoms with Crippen LogP contribution in [0.15, 0.2) is 71.9 Å². The van der Waals surface area contributed by atoms with Crippen molar-refractivity contribution in [2.75, 3.05) is 13.1 Å². The zero-order valence-electron chi connectivity index (χ0n) is 17.7. The number of amides is 1. The Morgan fingerprint density at radius 3 is 2.34 bits per heavy atom. The molecule has 0 radical (unpaired) electrons. The van der Waals surface area contributed by atoms with Crippen LogP contribution in [-0.4, -0.2) is 41.3 Å². The summed E-state index contributed by atoms with van der Waals surface area (Å²) in [4.78, 5) is 17.6. The van der Waals surface area contributed by atoms with Gasteiger partial charge in [0.25, 0.3) is 0 Å². The number of carbonyl (C=O) groups excluding carboxylic acids is 1. The Hall–Kier alpha value is -3.04. The number of rotatable bonds is 6. The molecule has 3 aromatic rings. The molecule has 7 nitrogen and oxygen atoms in total. The van der Waals surface area contributed by atoms with Crippen LogP contribution in [0, 0.1) is 11.7 Å². The predicted octanol–water partition coefficient (Wildman–Crippen LogP) is 2.87. The summed E-state index contributed by atoms with van der Waals surface area (Å²) in [5, 5.41) is 3.11. The first-order valence-electron chi connectivity index (χ1n) is 10.4. The van der Waals surface area contributed by atoms with Gasteiger partial charge >= 0.3 is 0 Å². The van der Waals surface area contributed by atoms with Crippen LogP contribution in [0.25, 0.3) is 0 Å². The van der Waals surface area contributed by atoms with Crippen LogP contribution in [0.1, 0.15) is 30.3 Å². The number of nitrogens with zero attached hydrogens (tertiary/aromatic N) is 3. The van der Waals surface area contributed by atoms with Crippen molar-refractivity contribution in [3.63, 3.8) is 0 Å². The Balaban J connectivity index is 1.44. The second kappa shape index (κ2) is 9.22. The summed E-state index contributed by atoms with van der Waals surface area (Å²) in [6.45, 7) is 0.465. The van der Waals surface area contributed by atoms with Gasteiger partial charge in [-0.05, 0) is 42.7 Å². The first kappa shape index (κ1) is 22.2. The molecule has 1 amide bonds. The van der Waals surface area contributed by atoms with E-state index in [1.54, 1.807) is 6.20 Å². The number of imidazole rings is 1. The second-order valence-corrected chi connectivity index (χ2v) is 9.82. The van der Waals surface area contributed by atoms with Crippen molar-refractivity contribution in [3.8, 4) is 0 Å². The quantitative estimate of drug-likeness (QED) is 0.618. The maximum absolute atomic E-state index is 13.2. The Bertz CT molecular complexity index is 1170. The van der Waals surface area contributed by atoms with Crippen molar-refractivity contribution in [2.45, 2.75) is 23.8 Å².